The van der Waals surface area contributed by atoms with Gasteiger partial charge in [-0.15, -0.1) is 0 Å². The summed E-state index contributed by atoms with van der Waals surface area (Å²) in [6, 6.07) is 15.3. The first-order valence-corrected chi connectivity index (χ1v) is 11.1. The lowest BCUT2D eigenvalue weighted by Crippen LogP contribution is -2.32. The molecule has 3 aromatic rings. The third-order valence-corrected chi connectivity index (χ3v) is 6.07. The summed E-state index contributed by atoms with van der Waals surface area (Å²) in [6.45, 7) is 2.26. The summed E-state index contributed by atoms with van der Waals surface area (Å²) in [5.41, 5.74) is 1.54. The van der Waals surface area contributed by atoms with Gasteiger partial charge in [0, 0.05) is 11.6 Å². The molecule has 0 saturated carbocycles. The molecule has 1 fully saturated rings. The van der Waals surface area contributed by atoms with Gasteiger partial charge in [0.05, 0.1) is 22.0 Å². The van der Waals surface area contributed by atoms with E-state index in [1.54, 1.807) is 18.2 Å². The Bertz CT molecular complexity index is 1280. The molecule has 7 nitrogen and oxygen atoms in total. The largest absolute Gasteiger partial charge is 0.492 e. The van der Waals surface area contributed by atoms with Crippen LogP contribution in [0.5, 0.6) is 5.75 Å². The van der Waals surface area contributed by atoms with Crippen LogP contribution in [0.2, 0.25) is 5.02 Å². The number of carbonyl (C=O) groups excluding carboxylic acids is 2. The number of amides is 2. The third kappa shape index (κ3) is 5.13. The van der Waals surface area contributed by atoms with Crippen molar-refractivity contribution in [1.29, 1.82) is 0 Å². The number of halogens is 1. The van der Waals surface area contributed by atoms with Crippen LogP contribution >= 0.6 is 23.4 Å². The first-order chi connectivity index (χ1) is 15.8. The number of carbonyl (C=O) groups is 3. The summed E-state index contributed by atoms with van der Waals surface area (Å²) in [5, 5.41) is 8.98. The van der Waals surface area contributed by atoms with Gasteiger partial charge in [-0.3, -0.25) is 14.5 Å². The monoisotopic (exact) mass is 483 g/mol. The molecule has 0 aliphatic carbocycles. The molecular formula is C24H18ClNO6S. The number of hydrogen-bond donors (Lipinski definition) is 1. The quantitative estimate of drug-likeness (QED) is 0.429. The van der Waals surface area contributed by atoms with Gasteiger partial charge in [-0.25, -0.2) is 4.79 Å². The summed E-state index contributed by atoms with van der Waals surface area (Å²) < 4.78 is 11.4. The number of nitrogens with zero attached hydrogens (tertiary/aromatic N) is 1. The van der Waals surface area contributed by atoms with E-state index in [-0.39, 0.29) is 33.9 Å². The van der Waals surface area contributed by atoms with E-state index in [0.717, 1.165) is 22.2 Å². The fraction of sp³-hybridized carbons (Fsp3) is 0.125. The van der Waals surface area contributed by atoms with Crippen molar-refractivity contribution in [1.82, 2.24) is 4.90 Å². The average Bonchev–Trinajstić information content (AvgIpc) is 3.34. The molecule has 2 amide bonds. The Balaban J connectivity index is 1.44. The first-order valence-electron chi connectivity index (χ1n) is 9.90. The minimum atomic E-state index is -1.14. The molecule has 0 spiro atoms. The summed E-state index contributed by atoms with van der Waals surface area (Å²) in [7, 11) is 0. The Kier molecular flexibility index (Phi) is 6.57. The number of imide groups is 1. The number of carboxylic acid groups (broad SMARTS) is 1. The second kappa shape index (κ2) is 9.56. The van der Waals surface area contributed by atoms with E-state index in [1.807, 2.05) is 31.2 Å². The van der Waals surface area contributed by atoms with E-state index in [1.165, 1.54) is 18.2 Å². The summed E-state index contributed by atoms with van der Waals surface area (Å²) in [6.07, 6.45) is 1.49. The van der Waals surface area contributed by atoms with E-state index in [2.05, 4.69) is 0 Å². The molecule has 1 aromatic heterocycles. The lowest BCUT2D eigenvalue weighted by atomic mass is 10.1. The lowest BCUT2D eigenvalue weighted by molar-refractivity contribution is -0.123. The Hall–Kier alpha value is -3.49. The minimum absolute atomic E-state index is 0.0406. The number of aromatic carboxylic acids is 1. The maximum Gasteiger partial charge on any atom is 0.337 e. The van der Waals surface area contributed by atoms with Crippen molar-refractivity contribution in [3.8, 4) is 17.1 Å². The van der Waals surface area contributed by atoms with Crippen LogP contribution in [0.1, 0.15) is 21.7 Å². The van der Waals surface area contributed by atoms with E-state index in [4.69, 9.17) is 20.8 Å². The van der Waals surface area contributed by atoms with Crippen molar-refractivity contribution < 1.29 is 28.6 Å². The molecule has 0 unspecified atom stereocenters. The molecule has 0 bridgehead atoms. The fourth-order valence-electron chi connectivity index (χ4n) is 3.21. The number of thioether (sulfide) groups is 1. The van der Waals surface area contributed by atoms with Gasteiger partial charge in [-0.1, -0.05) is 23.7 Å². The van der Waals surface area contributed by atoms with Gasteiger partial charge in [0.25, 0.3) is 11.1 Å². The van der Waals surface area contributed by atoms with Gasteiger partial charge < -0.3 is 14.3 Å². The molecule has 1 N–H and O–H groups in total. The van der Waals surface area contributed by atoms with E-state index in [0.29, 0.717) is 22.8 Å². The summed E-state index contributed by atoms with van der Waals surface area (Å²) in [5.74, 6) is -0.123. The third-order valence-electron chi connectivity index (χ3n) is 4.83. The van der Waals surface area contributed by atoms with Gasteiger partial charge in [-0.05, 0) is 66.7 Å². The molecule has 9 heteroatoms. The Morgan fingerprint density at radius 3 is 2.76 bits per heavy atom. The van der Waals surface area contributed by atoms with Crippen molar-refractivity contribution >= 4 is 46.6 Å². The molecule has 168 valence electrons. The highest BCUT2D eigenvalue weighted by molar-refractivity contribution is 8.18. The van der Waals surface area contributed by atoms with E-state index in [9.17, 15) is 19.5 Å². The second-order valence-corrected chi connectivity index (χ2v) is 8.60. The number of benzene rings is 2. The van der Waals surface area contributed by atoms with Crippen LogP contribution in [0.15, 0.2) is 63.9 Å². The van der Waals surface area contributed by atoms with Crippen LogP contribution in [0.25, 0.3) is 17.4 Å². The maximum atomic E-state index is 12.7. The molecule has 4 rings (SSSR count). The standard InChI is InChI=1S/C24H18ClNO6S/c1-14-3-2-4-16(11-14)31-10-9-26-22(27)21(33-24(26)30)13-17-6-8-20(32-17)15-5-7-19(25)18(12-15)23(28)29/h2-8,11-13H,9-10H2,1H3,(H,28,29)/b21-13-. The molecule has 33 heavy (non-hydrogen) atoms. The average molecular weight is 484 g/mol. The molecule has 1 aliphatic heterocycles. The smallest absolute Gasteiger partial charge is 0.337 e. The Morgan fingerprint density at radius 2 is 2.00 bits per heavy atom. The van der Waals surface area contributed by atoms with Crippen LogP contribution in [-0.4, -0.2) is 40.3 Å². The predicted molar refractivity (Wildman–Crippen MR) is 125 cm³/mol. The first kappa shape index (κ1) is 22.7. The normalized spacial score (nSPS) is 14.8. The zero-order chi connectivity index (χ0) is 23.5. The molecule has 1 aliphatic rings. The highest BCUT2D eigenvalue weighted by Crippen LogP contribution is 2.33. The van der Waals surface area contributed by atoms with Crippen LogP contribution < -0.4 is 4.74 Å². The van der Waals surface area contributed by atoms with Gasteiger partial charge in [-0.2, -0.15) is 0 Å². The molecule has 0 radical (unpaired) electrons. The van der Waals surface area contributed by atoms with Crippen LogP contribution in [0.3, 0.4) is 0 Å². The molecule has 2 aromatic carbocycles. The van der Waals surface area contributed by atoms with Crippen molar-refractivity contribution in [3.63, 3.8) is 0 Å². The number of aryl methyl sites for hydroxylation is 1. The van der Waals surface area contributed by atoms with Crippen LogP contribution in [-0.2, 0) is 4.79 Å². The topological polar surface area (TPSA) is 97.1 Å². The zero-order valence-corrected chi connectivity index (χ0v) is 19.0. The lowest BCUT2D eigenvalue weighted by Gasteiger charge is -2.13. The maximum absolute atomic E-state index is 12.7. The van der Waals surface area contributed by atoms with E-state index >= 15 is 0 Å². The van der Waals surface area contributed by atoms with Gasteiger partial charge in [0.1, 0.15) is 23.9 Å². The van der Waals surface area contributed by atoms with Crippen molar-refractivity contribution in [3.05, 3.63) is 81.4 Å². The van der Waals surface area contributed by atoms with E-state index < -0.39 is 11.9 Å². The van der Waals surface area contributed by atoms with Crippen molar-refractivity contribution in [2.24, 2.45) is 0 Å². The molecular weight excluding hydrogens is 466 g/mol. The summed E-state index contributed by atoms with van der Waals surface area (Å²) in [4.78, 5) is 37.7. The summed E-state index contributed by atoms with van der Waals surface area (Å²) >= 11 is 6.74. The zero-order valence-electron chi connectivity index (χ0n) is 17.4. The number of hydrogen-bond acceptors (Lipinski definition) is 6. The number of carboxylic acids is 1. The van der Waals surface area contributed by atoms with Crippen molar-refractivity contribution in [2.75, 3.05) is 13.2 Å². The molecule has 0 atom stereocenters. The second-order valence-electron chi connectivity index (χ2n) is 7.20. The van der Waals surface area contributed by atoms with Gasteiger partial charge >= 0.3 is 5.97 Å². The highest BCUT2D eigenvalue weighted by Gasteiger charge is 2.35. The molecule has 2 heterocycles. The van der Waals surface area contributed by atoms with Crippen LogP contribution in [0.4, 0.5) is 4.79 Å². The Labute approximate surface area is 198 Å². The van der Waals surface area contributed by atoms with Gasteiger partial charge in [0.2, 0.25) is 0 Å². The number of rotatable bonds is 7. The highest BCUT2D eigenvalue weighted by atomic mass is 35.5. The SMILES string of the molecule is Cc1cccc(OCCN2C(=O)S/C(=C\c3ccc(-c4ccc(Cl)c(C(=O)O)c4)o3)C2=O)c1. The number of ether oxygens (including phenoxy) is 1. The Morgan fingerprint density at radius 1 is 1.18 bits per heavy atom. The molecule has 1 saturated heterocycles. The predicted octanol–water partition coefficient (Wildman–Crippen LogP) is 5.72. The van der Waals surface area contributed by atoms with Gasteiger partial charge in [0.15, 0.2) is 0 Å². The number of furan rings is 1. The van der Waals surface area contributed by atoms with Crippen molar-refractivity contribution in [2.45, 2.75) is 6.92 Å². The van der Waals surface area contributed by atoms with Crippen LogP contribution in [0, 0.1) is 6.92 Å². The fourth-order valence-corrected chi connectivity index (χ4v) is 4.25. The minimum Gasteiger partial charge on any atom is -0.492 e.